The number of pyridine rings is 1. The molecule has 1 saturated carbocycles. The van der Waals surface area contributed by atoms with E-state index in [1.807, 2.05) is 0 Å². The molecule has 0 atom stereocenters. The molecule has 22 heavy (non-hydrogen) atoms. The summed E-state index contributed by atoms with van der Waals surface area (Å²) in [4.78, 5) is 23.3. The van der Waals surface area contributed by atoms with Gasteiger partial charge in [-0.3, -0.25) is 4.79 Å². The molecule has 1 heterocycles. The van der Waals surface area contributed by atoms with Crippen molar-refractivity contribution >= 4 is 25.3 Å². The highest BCUT2D eigenvalue weighted by atomic mass is 19.2. The largest absolute Gasteiger partial charge is 0.491 e. The second-order valence-corrected chi connectivity index (χ2v) is 4.92. The van der Waals surface area contributed by atoms with Gasteiger partial charge in [-0.15, -0.1) is 0 Å². The van der Waals surface area contributed by atoms with Crippen LogP contribution in [0, 0.1) is 11.6 Å². The molecule has 5 nitrogen and oxygen atoms in total. The number of aromatic carboxylic acids is 1. The molecule has 1 aliphatic rings. The molecule has 1 aromatic carbocycles. The summed E-state index contributed by atoms with van der Waals surface area (Å²) in [7, 11) is 1.17. The maximum Gasteiger partial charge on any atom is 0.341 e. The third-order valence-corrected chi connectivity index (χ3v) is 3.54. The van der Waals surface area contributed by atoms with E-state index in [1.54, 1.807) is 0 Å². The smallest absolute Gasteiger partial charge is 0.341 e. The number of methoxy groups -OCH3 is 1. The normalized spacial score (nSPS) is 13.8. The number of carboxylic acids is 1. The molecule has 1 N–H and O–H groups in total. The van der Waals surface area contributed by atoms with E-state index in [4.69, 9.17) is 9.84 Å². The van der Waals surface area contributed by atoms with Gasteiger partial charge in [-0.05, 0) is 18.9 Å². The number of halogens is 2. The third-order valence-electron chi connectivity index (χ3n) is 3.54. The van der Waals surface area contributed by atoms with Gasteiger partial charge in [0.15, 0.2) is 11.6 Å². The van der Waals surface area contributed by atoms with Gasteiger partial charge in [0.25, 0.3) is 0 Å². The van der Waals surface area contributed by atoms with Crippen molar-refractivity contribution in [2.24, 2.45) is 0 Å². The third kappa shape index (κ3) is 2.24. The Hall–Kier alpha value is -2.38. The van der Waals surface area contributed by atoms with E-state index in [9.17, 15) is 18.4 Å². The van der Waals surface area contributed by atoms with E-state index in [0.717, 1.165) is 18.9 Å². The Kier molecular flexibility index (Phi) is 3.95. The topological polar surface area (TPSA) is 68.5 Å². The van der Waals surface area contributed by atoms with Crippen molar-refractivity contribution in [1.29, 1.82) is 0 Å². The number of hydrogen-bond acceptors (Lipinski definition) is 3. The van der Waals surface area contributed by atoms with Gasteiger partial charge >= 0.3 is 5.97 Å². The Bertz CT molecular complexity index is 830. The number of benzene rings is 1. The van der Waals surface area contributed by atoms with Gasteiger partial charge in [-0.2, -0.15) is 4.39 Å². The fourth-order valence-corrected chi connectivity index (χ4v) is 2.41. The lowest BCUT2D eigenvalue weighted by molar-refractivity contribution is 0.0695. The number of ether oxygens (including phenoxy) is 1. The molecule has 0 bridgehead atoms. The number of nitrogens with zero attached hydrogens (tertiary/aromatic N) is 1. The summed E-state index contributed by atoms with van der Waals surface area (Å²) in [5, 5.41) is 8.89. The molecular formula is C14H11BF2NO4. The first-order valence-corrected chi connectivity index (χ1v) is 6.29. The average Bonchev–Trinajstić information content (AvgIpc) is 3.26. The van der Waals surface area contributed by atoms with Crippen molar-refractivity contribution in [3.8, 4) is 5.75 Å². The monoisotopic (exact) mass is 306 g/mol. The van der Waals surface area contributed by atoms with Crippen molar-refractivity contribution in [2.75, 3.05) is 7.11 Å². The highest BCUT2D eigenvalue weighted by molar-refractivity contribution is 5.94. The summed E-state index contributed by atoms with van der Waals surface area (Å²) in [5.74, 6) is -4.23. The van der Waals surface area contributed by atoms with Crippen LogP contribution in [0.5, 0.6) is 5.75 Å². The summed E-state index contributed by atoms with van der Waals surface area (Å²) in [6.45, 7) is 0. The zero-order valence-electron chi connectivity index (χ0n) is 11.6. The van der Waals surface area contributed by atoms with Gasteiger partial charge in [0, 0.05) is 20.7 Å². The highest BCUT2D eigenvalue weighted by Gasteiger charge is 2.30. The van der Waals surface area contributed by atoms with Crippen LogP contribution in [0.25, 0.3) is 10.9 Å². The molecule has 3 rings (SSSR count). The van der Waals surface area contributed by atoms with Crippen LogP contribution in [-0.4, -0.2) is 31.2 Å². The minimum atomic E-state index is -1.40. The first kappa shape index (κ1) is 16.0. The van der Waals surface area contributed by atoms with Gasteiger partial charge < -0.3 is 14.4 Å². The second kappa shape index (κ2) is 5.44. The van der Waals surface area contributed by atoms with E-state index >= 15 is 0 Å². The predicted octanol–water partition coefficient (Wildman–Crippen LogP) is 1.94. The molecule has 113 valence electrons. The summed E-state index contributed by atoms with van der Waals surface area (Å²) in [5.41, 5.74) is -1.23. The number of rotatable bonds is 3. The van der Waals surface area contributed by atoms with Crippen molar-refractivity contribution in [2.45, 2.75) is 18.9 Å². The van der Waals surface area contributed by atoms with Gasteiger partial charge in [-0.25, -0.2) is 9.18 Å². The lowest BCUT2D eigenvalue weighted by Crippen LogP contribution is -2.19. The maximum absolute atomic E-state index is 13.9. The van der Waals surface area contributed by atoms with Gasteiger partial charge in [-0.1, -0.05) is 0 Å². The zero-order valence-corrected chi connectivity index (χ0v) is 11.6. The van der Waals surface area contributed by atoms with Gasteiger partial charge in [0.2, 0.25) is 11.2 Å². The van der Waals surface area contributed by atoms with Crippen LogP contribution in [0.2, 0.25) is 0 Å². The van der Waals surface area contributed by atoms with Crippen LogP contribution >= 0.6 is 0 Å². The fourth-order valence-electron chi connectivity index (χ4n) is 2.41. The quantitative estimate of drug-likeness (QED) is 0.880. The van der Waals surface area contributed by atoms with Crippen LogP contribution in [0.3, 0.4) is 0 Å². The fraction of sp³-hybridized carbons (Fsp3) is 0.286. The number of hydrogen-bond donors (Lipinski definition) is 1. The molecule has 0 unspecified atom stereocenters. The standard InChI is InChI=1S/C14H11F2NO4.B/c1-21-13-10(16)9(15)4-7-11(13)17(6-2-3-6)5-8(12(7)18)14(19)20;/h4-6H,2-3H2,1H3,(H,19,20);. The summed E-state index contributed by atoms with van der Waals surface area (Å²) in [6.07, 6.45) is 2.73. The second-order valence-electron chi connectivity index (χ2n) is 4.92. The molecule has 1 aromatic heterocycles. The Labute approximate surface area is 125 Å². The van der Waals surface area contributed by atoms with Crippen molar-refractivity contribution in [1.82, 2.24) is 4.57 Å². The van der Waals surface area contributed by atoms with E-state index in [-0.39, 0.29) is 31.1 Å². The zero-order chi connectivity index (χ0) is 15.3. The van der Waals surface area contributed by atoms with Gasteiger partial charge in [0.05, 0.1) is 18.0 Å². The molecule has 0 amide bonds. The van der Waals surface area contributed by atoms with E-state index < -0.39 is 28.6 Å². The molecule has 8 heteroatoms. The molecule has 3 radical (unpaired) electrons. The van der Waals surface area contributed by atoms with E-state index in [1.165, 1.54) is 17.9 Å². The first-order valence-electron chi connectivity index (χ1n) is 6.29. The predicted molar refractivity (Wildman–Crippen MR) is 75.7 cm³/mol. The number of carboxylic acid groups (broad SMARTS) is 1. The first-order chi connectivity index (χ1) is 9.95. The summed E-state index contributed by atoms with van der Waals surface area (Å²) >= 11 is 0. The molecule has 0 aliphatic heterocycles. The van der Waals surface area contributed by atoms with Crippen molar-refractivity contribution < 1.29 is 23.4 Å². The van der Waals surface area contributed by atoms with E-state index in [0.29, 0.717) is 0 Å². The maximum atomic E-state index is 13.9. The van der Waals surface area contributed by atoms with Crippen LogP contribution < -0.4 is 10.2 Å². The average molecular weight is 306 g/mol. The molecule has 2 aromatic rings. The van der Waals surface area contributed by atoms with Crippen LogP contribution in [0.1, 0.15) is 29.2 Å². The lowest BCUT2D eigenvalue weighted by atomic mass is 10.1. The van der Waals surface area contributed by atoms with Crippen molar-refractivity contribution in [3.05, 3.63) is 39.7 Å². The van der Waals surface area contributed by atoms with E-state index in [2.05, 4.69) is 0 Å². The molecule has 1 aliphatic carbocycles. The number of aromatic nitrogens is 1. The lowest BCUT2D eigenvalue weighted by Gasteiger charge is -2.15. The summed E-state index contributed by atoms with van der Waals surface area (Å²) < 4.78 is 33.8. The molecule has 1 fully saturated rings. The Morgan fingerprint density at radius 1 is 1.41 bits per heavy atom. The van der Waals surface area contributed by atoms with Crippen molar-refractivity contribution in [3.63, 3.8) is 0 Å². The minimum Gasteiger partial charge on any atom is -0.491 e. The molecular weight excluding hydrogens is 295 g/mol. The number of fused-ring (bicyclic) bond motifs is 1. The summed E-state index contributed by atoms with van der Waals surface area (Å²) in [6, 6.07) is 0.686. The van der Waals surface area contributed by atoms with Crippen LogP contribution in [-0.2, 0) is 0 Å². The van der Waals surface area contributed by atoms with Crippen LogP contribution in [0.15, 0.2) is 17.1 Å². The van der Waals surface area contributed by atoms with Crippen LogP contribution in [0.4, 0.5) is 8.78 Å². The molecule has 0 saturated heterocycles. The molecule has 0 spiro atoms. The Balaban J connectivity index is 0.00000176. The van der Waals surface area contributed by atoms with Gasteiger partial charge in [0.1, 0.15) is 5.56 Å². The Morgan fingerprint density at radius 2 is 2.05 bits per heavy atom. The number of carbonyl (C=O) groups is 1. The highest BCUT2D eigenvalue weighted by Crippen LogP contribution is 2.40. The Morgan fingerprint density at radius 3 is 2.55 bits per heavy atom. The SMILES string of the molecule is COc1c(F)c(F)cc2c(=O)c(C(=O)O)cn(C3CC3)c12.[B]. The minimum absolute atomic E-state index is 0.